The molecule has 2 aliphatic rings. The van der Waals surface area contributed by atoms with Crippen molar-refractivity contribution < 1.29 is 4.74 Å². The Kier molecular flexibility index (Phi) is 3.79. The first-order valence-electron chi connectivity index (χ1n) is 6.87. The molecule has 3 rings (SSSR count). The predicted molar refractivity (Wildman–Crippen MR) is 77.9 cm³/mol. The van der Waals surface area contributed by atoms with Gasteiger partial charge in [0.2, 0.25) is 0 Å². The molecule has 104 valence electrons. The Morgan fingerprint density at radius 3 is 2.84 bits per heavy atom. The number of hydrogen-bond donors (Lipinski definition) is 2. The van der Waals surface area contributed by atoms with E-state index in [1.54, 1.807) is 11.8 Å². The van der Waals surface area contributed by atoms with Gasteiger partial charge in [-0.05, 0) is 32.4 Å². The summed E-state index contributed by atoms with van der Waals surface area (Å²) in [4.78, 5) is 8.96. The quantitative estimate of drug-likeness (QED) is 0.638. The van der Waals surface area contributed by atoms with Gasteiger partial charge in [0.05, 0.1) is 18.2 Å². The van der Waals surface area contributed by atoms with E-state index in [-0.39, 0.29) is 0 Å². The number of hydrogen-bond acceptors (Lipinski definition) is 6. The molecule has 1 aromatic heterocycles. The van der Waals surface area contributed by atoms with Crippen molar-refractivity contribution >= 4 is 23.4 Å². The largest absolute Gasteiger partial charge is 0.373 e. The van der Waals surface area contributed by atoms with Gasteiger partial charge in [-0.3, -0.25) is 0 Å². The van der Waals surface area contributed by atoms with Gasteiger partial charge in [0, 0.05) is 12.6 Å². The van der Waals surface area contributed by atoms with Crippen molar-refractivity contribution in [1.29, 1.82) is 0 Å². The van der Waals surface area contributed by atoms with Gasteiger partial charge < -0.3 is 15.4 Å². The highest BCUT2D eigenvalue weighted by Gasteiger charge is 2.40. The lowest BCUT2D eigenvalue weighted by Gasteiger charge is -2.21. The first-order valence-corrected chi connectivity index (χ1v) is 8.10. The van der Waals surface area contributed by atoms with E-state index in [4.69, 9.17) is 4.74 Å². The second-order valence-electron chi connectivity index (χ2n) is 5.02. The van der Waals surface area contributed by atoms with Crippen molar-refractivity contribution in [2.45, 2.75) is 49.6 Å². The van der Waals surface area contributed by atoms with E-state index >= 15 is 0 Å². The van der Waals surface area contributed by atoms with Crippen LogP contribution >= 0.6 is 11.8 Å². The SMILES string of the molecule is CCNc1cc(NC2CC3CCC2O3)nc(SC)n1. The number of fused-ring (bicyclic) bond motifs is 2. The number of nitrogens with one attached hydrogen (secondary N) is 2. The second-order valence-corrected chi connectivity index (χ2v) is 5.79. The van der Waals surface area contributed by atoms with Gasteiger partial charge in [-0.25, -0.2) is 9.97 Å². The molecule has 6 heteroatoms. The lowest BCUT2D eigenvalue weighted by atomic mass is 9.95. The third-order valence-corrected chi connectivity index (χ3v) is 4.23. The molecular weight excluding hydrogens is 260 g/mol. The molecule has 0 amide bonds. The molecular formula is C13H20N4OS. The highest BCUT2D eigenvalue weighted by Crippen LogP contribution is 2.36. The topological polar surface area (TPSA) is 59.1 Å². The van der Waals surface area contributed by atoms with Crippen LogP contribution in [0.25, 0.3) is 0 Å². The van der Waals surface area contributed by atoms with Crippen LogP contribution in [0.5, 0.6) is 0 Å². The van der Waals surface area contributed by atoms with Crippen molar-refractivity contribution in [2.75, 3.05) is 23.4 Å². The summed E-state index contributed by atoms with van der Waals surface area (Å²) in [5.74, 6) is 1.78. The van der Waals surface area contributed by atoms with Crippen LogP contribution in [0.15, 0.2) is 11.2 Å². The van der Waals surface area contributed by atoms with Crippen LogP contribution in [0.3, 0.4) is 0 Å². The smallest absolute Gasteiger partial charge is 0.191 e. The molecule has 0 saturated carbocycles. The maximum absolute atomic E-state index is 5.86. The van der Waals surface area contributed by atoms with E-state index in [9.17, 15) is 0 Å². The maximum atomic E-state index is 5.86. The van der Waals surface area contributed by atoms with Crippen LogP contribution in [-0.4, -0.2) is 41.0 Å². The molecule has 1 aromatic rings. The van der Waals surface area contributed by atoms with Gasteiger partial charge in [-0.1, -0.05) is 11.8 Å². The zero-order valence-electron chi connectivity index (χ0n) is 11.3. The Labute approximate surface area is 117 Å². The zero-order valence-corrected chi connectivity index (χ0v) is 12.2. The standard InChI is InChI=1S/C13H20N4OS/c1-3-14-11-7-12(17-13(16-11)19-2)15-9-6-8-4-5-10(9)18-8/h7-10H,3-6H2,1-2H3,(H2,14,15,16,17). The minimum Gasteiger partial charge on any atom is -0.373 e. The fourth-order valence-electron chi connectivity index (χ4n) is 2.84. The molecule has 19 heavy (non-hydrogen) atoms. The first kappa shape index (κ1) is 13.0. The Morgan fingerprint density at radius 1 is 1.37 bits per heavy atom. The predicted octanol–water partition coefficient (Wildman–Crippen LogP) is 2.36. The molecule has 2 bridgehead atoms. The summed E-state index contributed by atoms with van der Waals surface area (Å²) < 4.78 is 5.86. The maximum Gasteiger partial charge on any atom is 0.191 e. The van der Waals surface area contributed by atoms with Crippen molar-refractivity contribution in [1.82, 2.24) is 9.97 Å². The summed E-state index contributed by atoms with van der Waals surface area (Å²) in [6.45, 7) is 2.93. The average molecular weight is 280 g/mol. The minimum atomic E-state index is 0.361. The molecule has 2 fully saturated rings. The Morgan fingerprint density at radius 2 is 2.21 bits per heavy atom. The molecule has 0 radical (unpaired) electrons. The van der Waals surface area contributed by atoms with E-state index in [1.165, 1.54) is 12.8 Å². The van der Waals surface area contributed by atoms with Crippen molar-refractivity contribution in [2.24, 2.45) is 0 Å². The number of thioether (sulfide) groups is 1. The lowest BCUT2D eigenvalue weighted by Crippen LogP contribution is -2.30. The molecule has 0 aliphatic carbocycles. The van der Waals surface area contributed by atoms with Crippen LogP contribution in [0.1, 0.15) is 26.2 Å². The van der Waals surface area contributed by atoms with E-state index < -0.39 is 0 Å². The molecule has 3 heterocycles. The second kappa shape index (κ2) is 5.54. The molecule has 2 saturated heterocycles. The minimum absolute atomic E-state index is 0.361. The highest BCUT2D eigenvalue weighted by atomic mass is 32.2. The van der Waals surface area contributed by atoms with Crippen LogP contribution < -0.4 is 10.6 Å². The lowest BCUT2D eigenvalue weighted by molar-refractivity contribution is 0.102. The Bertz CT molecular complexity index is 456. The Balaban J connectivity index is 1.74. The van der Waals surface area contributed by atoms with E-state index in [2.05, 4.69) is 27.5 Å². The van der Waals surface area contributed by atoms with Gasteiger partial charge >= 0.3 is 0 Å². The molecule has 3 unspecified atom stereocenters. The number of rotatable bonds is 5. The molecule has 2 aliphatic heterocycles. The van der Waals surface area contributed by atoms with Crippen LogP contribution in [0.2, 0.25) is 0 Å². The van der Waals surface area contributed by atoms with E-state index in [0.717, 1.165) is 29.8 Å². The van der Waals surface area contributed by atoms with Crippen LogP contribution in [-0.2, 0) is 4.74 Å². The summed E-state index contributed by atoms with van der Waals surface area (Å²) in [5, 5.41) is 7.56. The third kappa shape index (κ3) is 2.79. The molecule has 0 aromatic carbocycles. The van der Waals surface area contributed by atoms with E-state index in [1.807, 2.05) is 12.3 Å². The molecule has 5 nitrogen and oxygen atoms in total. The zero-order chi connectivity index (χ0) is 13.2. The molecule has 3 atom stereocenters. The highest BCUT2D eigenvalue weighted by molar-refractivity contribution is 7.98. The van der Waals surface area contributed by atoms with Crippen LogP contribution in [0.4, 0.5) is 11.6 Å². The van der Waals surface area contributed by atoms with Crippen LogP contribution in [0, 0.1) is 0 Å². The van der Waals surface area contributed by atoms with Crippen molar-refractivity contribution in [3.05, 3.63) is 6.07 Å². The summed E-state index contributed by atoms with van der Waals surface area (Å²) in [5.41, 5.74) is 0. The summed E-state index contributed by atoms with van der Waals surface area (Å²) in [6.07, 6.45) is 6.29. The monoisotopic (exact) mass is 280 g/mol. The van der Waals surface area contributed by atoms with Gasteiger partial charge in [0.25, 0.3) is 0 Å². The number of anilines is 2. The average Bonchev–Trinajstić information content (AvgIpc) is 3.01. The molecule has 0 spiro atoms. The van der Waals surface area contributed by atoms with E-state index in [0.29, 0.717) is 18.2 Å². The fraction of sp³-hybridized carbons (Fsp3) is 0.692. The first-order chi connectivity index (χ1) is 9.28. The Hall–Kier alpha value is -1.01. The number of aromatic nitrogens is 2. The van der Waals surface area contributed by atoms with Gasteiger partial charge in [0.1, 0.15) is 11.6 Å². The van der Waals surface area contributed by atoms with Gasteiger partial charge in [-0.2, -0.15) is 0 Å². The summed E-state index contributed by atoms with van der Waals surface area (Å²) >= 11 is 1.56. The van der Waals surface area contributed by atoms with Gasteiger partial charge in [-0.15, -0.1) is 0 Å². The fourth-order valence-corrected chi connectivity index (χ4v) is 3.22. The normalized spacial score (nSPS) is 28.6. The molecule has 2 N–H and O–H groups in total. The number of nitrogens with zero attached hydrogens (tertiary/aromatic N) is 2. The summed E-state index contributed by atoms with van der Waals surface area (Å²) in [6, 6.07) is 2.38. The third-order valence-electron chi connectivity index (χ3n) is 3.69. The van der Waals surface area contributed by atoms with Crippen molar-refractivity contribution in [3.8, 4) is 0 Å². The number of ether oxygens (including phenoxy) is 1. The van der Waals surface area contributed by atoms with Gasteiger partial charge in [0.15, 0.2) is 5.16 Å². The van der Waals surface area contributed by atoms with Crippen molar-refractivity contribution in [3.63, 3.8) is 0 Å². The summed E-state index contributed by atoms with van der Waals surface area (Å²) in [7, 11) is 0.